The van der Waals surface area contributed by atoms with Gasteiger partial charge in [-0.05, 0) is 48.9 Å². The lowest BCUT2D eigenvalue weighted by atomic mass is 10.1. The molecule has 0 aliphatic rings. The molecule has 0 saturated carbocycles. The first-order chi connectivity index (χ1) is 13.2. The molecule has 0 spiro atoms. The van der Waals surface area contributed by atoms with Gasteiger partial charge in [0.2, 0.25) is 0 Å². The highest BCUT2D eigenvalue weighted by atomic mass is 32.2. The van der Waals surface area contributed by atoms with Crippen molar-refractivity contribution >= 4 is 40.2 Å². The van der Waals surface area contributed by atoms with Crippen LogP contribution in [-0.4, -0.2) is 15.0 Å². The first-order valence-corrected chi connectivity index (χ1v) is 9.72. The molecule has 0 saturated heterocycles. The van der Waals surface area contributed by atoms with E-state index in [0.717, 1.165) is 45.2 Å². The van der Waals surface area contributed by atoms with Crippen molar-refractivity contribution in [2.75, 3.05) is 5.32 Å². The number of rotatable bonds is 6. The Bertz CT molecular complexity index is 1100. The Labute approximate surface area is 162 Å². The van der Waals surface area contributed by atoms with Gasteiger partial charge in [0.1, 0.15) is 5.82 Å². The van der Waals surface area contributed by atoms with Gasteiger partial charge in [-0.1, -0.05) is 30.9 Å². The highest BCUT2D eigenvalue weighted by molar-refractivity contribution is 7.98. The third kappa shape index (κ3) is 4.04. The average Bonchev–Trinajstić information content (AvgIpc) is 3.09. The predicted octanol–water partition coefficient (Wildman–Crippen LogP) is 5.95. The molecule has 27 heavy (non-hydrogen) atoms. The van der Waals surface area contributed by atoms with Crippen LogP contribution in [0.1, 0.15) is 17.1 Å². The van der Waals surface area contributed by atoms with Crippen molar-refractivity contribution in [3.8, 4) is 0 Å². The van der Waals surface area contributed by atoms with Crippen molar-refractivity contribution in [1.82, 2.24) is 15.0 Å². The summed E-state index contributed by atoms with van der Waals surface area (Å²) in [4.78, 5) is 13.6. The second-order valence-corrected chi connectivity index (χ2v) is 7.30. The summed E-state index contributed by atoms with van der Waals surface area (Å²) < 4.78 is 0. The van der Waals surface area contributed by atoms with Gasteiger partial charge in [-0.25, -0.2) is 4.98 Å². The van der Waals surface area contributed by atoms with Crippen molar-refractivity contribution in [1.29, 1.82) is 0 Å². The zero-order valence-electron chi connectivity index (χ0n) is 15.1. The van der Waals surface area contributed by atoms with E-state index in [2.05, 4.69) is 34.0 Å². The number of hydrogen-bond acceptors (Lipinski definition) is 4. The predicted molar refractivity (Wildman–Crippen MR) is 114 cm³/mol. The van der Waals surface area contributed by atoms with E-state index in [1.807, 2.05) is 61.7 Å². The van der Waals surface area contributed by atoms with Gasteiger partial charge in [0.15, 0.2) is 0 Å². The molecule has 0 amide bonds. The number of nitrogens with zero attached hydrogens (tertiary/aromatic N) is 2. The number of thioether (sulfide) groups is 1. The minimum absolute atomic E-state index is 0.792. The number of H-pyrrole nitrogens is 1. The molecule has 2 N–H and O–H groups in total. The zero-order chi connectivity index (χ0) is 18.6. The van der Waals surface area contributed by atoms with Crippen LogP contribution in [0.15, 0.2) is 72.3 Å². The number of fused-ring (bicyclic) bond motifs is 1. The highest BCUT2D eigenvalue weighted by Gasteiger charge is 2.06. The number of para-hydroxylation sites is 1. The summed E-state index contributed by atoms with van der Waals surface area (Å²) in [7, 11) is 0. The second kappa shape index (κ2) is 7.68. The van der Waals surface area contributed by atoms with Gasteiger partial charge < -0.3 is 10.3 Å². The molecule has 4 nitrogen and oxygen atoms in total. The molecule has 0 bridgehead atoms. The van der Waals surface area contributed by atoms with Crippen molar-refractivity contribution in [2.24, 2.45) is 0 Å². The van der Waals surface area contributed by atoms with E-state index < -0.39 is 0 Å². The van der Waals surface area contributed by atoms with Gasteiger partial charge >= 0.3 is 0 Å². The Morgan fingerprint density at radius 1 is 1.15 bits per heavy atom. The number of aromatic amines is 1. The van der Waals surface area contributed by atoms with E-state index in [1.54, 1.807) is 11.8 Å². The average molecular weight is 372 g/mol. The van der Waals surface area contributed by atoms with Crippen LogP contribution in [0.5, 0.6) is 0 Å². The first-order valence-electron chi connectivity index (χ1n) is 8.74. The SMILES string of the molecule is C=Cc1ccccc1Nc1ccc2nc(CSc3ccnc(C)c3)[nH]c2c1. The lowest BCUT2D eigenvalue weighted by Gasteiger charge is -2.09. The summed E-state index contributed by atoms with van der Waals surface area (Å²) in [5.41, 5.74) is 6.16. The van der Waals surface area contributed by atoms with Crippen LogP contribution in [0.4, 0.5) is 11.4 Å². The summed E-state index contributed by atoms with van der Waals surface area (Å²) in [6, 6.07) is 18.4. The Kier molecular flexibility index (Phi) is 4.94. The lowest BCUT2D eigenvalue weighted by Crippen LogP contribution is -1.92. The normalized spacial score (nSPS) is 10.9. The molecular formula is C22H20N4S. The van der Waals surface area contributed by atoms with Crippen molar-refractivity contribution in [3.05, 3.63) is 84.5 Å². The molecule has 0 unspecified atom stereocenters. The standard InChI is InChI=1S/C22H20N4S/c1-3-16-6-4-5-7-19(16)24-17-8-9-20-21(13-17)26-22(25-20)14-27-18-10-11-23-15(2)12-18/h3-13,24H,1,14H2,2H3,(H,25,26). The number of pyridine rings is 1. The largest absolute Gasteiger partial charge is 0.355 e. The summed E-state index contributed by atoms with van der Waals surface area (Å²) in [6.45, 7) is 5.88. The number of nitrogens with one attached hydrogen (secondary N) is 2. The molecule has 2 aromatic carbocycles. The second-order valence-electron chi connectivity index (χ2n) is 6.25. The Morgan fingerprint density at radius 3 is 2.89 bits per heavy atom. The van der Waals surface area contributed by atoms with Gasteiger partial charge in [0.05, 0.1) is 16.8 Å². The molecule has 0 aliphatic carbocycles. The van der Waals surface area contributed by atoms with E-state index in [0.29, 0.717) is 0 Å². The number of anilines is 2. The van der Waals surface area contributed by atoms with Gasteiger partial charge in [0, 0.05) is 28.2 Å². The fourth-order valence-electron chi connectivity index (χ4n) is 2.91. The molecule has 0 fully saturated rings. The number of hydrogen-bond donors (Lipinski definition) is 2. The lowest BCUT2D eigenvalue weighted by molar-refractivity contribution is 1.13. The van der Waals surface area contributed by atoms with Crippen LogP contribution in [0.2, 0.25) is 0 Å². The molecule has 4 rings (SSSR count). The monoisotopic (exact) mass is 372 g/mol. The van der Waals surface area contributed by atoms with Crippen molar-refractivity contribution in [3.63, 3.8) is 0 Å². The molecule has 4 aromatic rings. The van der Waals surface area contributed by atoms with E-state index in [-0.39, 0.29) is 0 Å². The maximum atomic E-state index is 4.70. The zero-order valence-corrected chi connectivity index (χ0v) is 15.9. The van der Waals surface area contributed by atoms with E-state index in [9.17, 15) is 0 Å². The molecule has 5 heteroatoms. The summed E-state index contributed by atoms with van der Waals surface area (Å²) in [5, 5.41) is 3.46. The van der Waals surface area contributed by atoms with Crippen LogP contribution < -0.4 is 5.32 Å². The van der Waals surface area contributed by atoms with Crippen LogP contribution in [0.25, 0.3) is 17.1 Å². The molecule has 0 atom stereocenters. The number of aryl methyl sites for hydroxylation is 1. The van der Waals surface area contributed by atoms with E-state index in [4.69, 9.17) is 4.98 Å². The minimum Gasteiger partial charge on any atom is -0.355 e. The van der Waals surface area contributed by atoms with Crippen LogP contribution >= 0.6 is 11.8 Å². The van der Waals surface area contributed by atoms with Crippen LogP contribution in [-0.2, 0) is 5.75 Å². The van der Waals surface area contributed by atoms with Crippen molar-refractivity contribution < 1.29 is 0 Å². The third-order valence-electron chi connectivity index (χ3n) is 4.23. The maximum absolute atomic E-state index is 4.70. The van der Waals surface area contributed by atoms with E-state index >= 15 is 0 Å². The quantitative estimate of drug-likeness (QED) is 0.411. The first kappa shape index (κ1) is 17.4. The Balaban J connectivity index is 1.52. The summed E-state index contributed by atoms with van der Waals surface area (Å²) in [5.74, 6) is 1.76. The highest BCUT2D eigenvalue weighted by Crippen LogP contribution is 2.26. The molecule has 0 aliphatic heterocycles. The minimum atomic E-state index is 0.792. The number of benzene rings is 2. The smallest absolute Gasteiger partial charge is 0.117 e. The fraction of sp³-hybridized carbons (Fsp3) is 0.0909. The van der Waals surface area contributed by atoms with Crippen molar-refractivity contribution in [2.45, 2.75) is 17.6 Å². The molecular weight excluding hydrogens is 352 g/mol. The molecule has 134 valence electrons. The van der Waals surface area contributed by atoms with Gasteiger partial charge in [-0.15, -0.1) is 11.8 Å². The summed E-state index contributed by atoms with van der Waals surface area (Å²) in [6.07, 6.45) is 3.70. The van der Waals surface area contributed by atoms with Gasteiger partial charge in [-0.3, -0.25) is 4.98 Å². The number of aromatic nitrogens is 3. The Morgan fingerprint density at radius 2 is 2.04 bits per heavy atom. The van der Waals surface area contributed by atoms with Crippen LogP contribution in [0, 0.1) is 6.92 Å². The number of imidazole rings is 1. The fourth-order valence-corrected chi connectivity index (χ4v) is 3.77. The third-order valence-corrected chi connectivity index (χ3v) is 5.24. The van der Waals surface area contributed by atoms with Crippen LogP contribution in [0.3, 0.4) is 0 Å². The van der Waals surface area contributed by atoms with E-state index in [1.165, 1.54) is 4.90 Å². The summed E-state index contributed by atoms with van der Waals surface area (Å²) >= 11 is 1.75. The molecule has 2 aromatic heterocycles. The Hall–Kier alpha value is -3.05. The molecule has 0 radical (unpaired) electrons. The topological polar surface area (TPSA) is 53.6 Å². The van der Waals surface area contributed by atoms with Gasteiger partial charge in [0.25, 0.3) is 0 Å². The maximum Gasteiger partial charge on any atom is 0.117 e. The molecule has 2 heterocycles. The van der Waals surface area contributed by atoms with Gasteiger partial charge in [-0.2, -0.15) is 0 Å².